The van der Waals surface area contributed by atoms with Gasteiger partial charge >= 0.3 is 12.1 Å². The fourth-order valence-electron chi connectivity index (χ4n) is 4.36. The SMILES string of the molecule is Cc1c(CN2CCC(Nc3ncnc4sc(CC(F)(F)F)cc34)CC2)ccc2nc(C#N)oc12. The highest BCUT2D eigenvalue weighted by atomic mass is 32.1. The summed E-state index contributed by atoms with van der Waals surface area (Å²) in [5.74, 6) is 0.658. The zero-order valence-corrected chi connectivity index (χ0v) is 19.1. The van der Waals surface area contributed by atoms with E-state index in [0.717, 1.165) is 54.9 Å². The lowest BCUT2D eigenvalue weighted by molar-refractivity contribution is -0.126. The Kier molecular flexibility index (Phi) is 5.87. The van der Waals surface area contributed by atoms with Gasteiger partial charge in [-0.25, -0.2) is 9.97 Å². The molecule has 1 fully saturated rings. The number of rotatable bonds is 5. The maximum Gasteiger partial charge on any atom is 0.393 e. The van der Waals surface area contributed by atoms with Crippen molar-refractivity contribution >= 4 is 38.5 Å². The molecule has 0 atom stereocenters. The largest absolute Gasteiger partial charge is 0.428 e. The maximum absolute atomic E-state index is 12.8. The van der Waals surface area contributed by atoms with Gasteiger partial charge in [0.25, 0.3) is 0 Å². The van der Waals surface area contributed by atoms with Crippen LogP contribution in [0.4, 0.5) is 19.0 Å². The lowest BCUT2D eigenvalue weighted by Crippen LogP contribution is -2.38. The van der Waals surface area contributed by atoms with Gasteiger partial charge in [-0.15, -0.1) is 11.3 Å². The van der Waals surface area contributed by atoms with Crippen molar-refractivity contribution < 1.29 is 17.6 Å². The minimum atomic E-state index is -4.25. The number of alkyl halides is 3. The molecule has 0 spiro atoms. The van der Waals surface area contributed by atoms with Gasteiger partial charge in [-0.1, -0.05) is 6.07 Å². The third-order valence-electron chi connectivity index (χ3n) is 6.09. The van der Waals surface area contributed by atoms with Crippen LogP contribution in [0, 0.1) is 18.3 Å². The molecule has 0 amide bonds. The Hall–Kier alpha value is -3.23. The molecule has 0 bridgehead atoms. The molecule has 4 aromatic rings. The lowest BCUT2D eigenvalue weighted by atomic mass is 10.0. The molecule has 0 aliphatic carbocycles. The number of halogens is 3. The van der Waals surface area contributed by atoms with Crippen molar-refractivity contribution in [2.75, 3.05) is 18.4 Å². The van der Waals surface area contributed by atoms with Crippen LogP contribution in [0.1, 0.15) is 34.7 Å². The Morgan fingerprint density at radius 2 is 2.06 bits per heavy atom. The van der Waals surface area contributed by atoms with Crippen LogP contribution in [0.3, 0.4) is 0 Å². The van der Waals surface area contributed by atoms with E-state index in [0.29, 0.717) is 27.1 Å². The second-order valence-corrected chi connectivity index (χ2v) is 9.58. The van der Waals surface area contributed by atoms with Crippen molar-refractivity contribution in [3.05, 3.63) is 46.4 Å². The van der Waals surface area contributed by atoms with Crippen molar-refractivity contribution in [1.29, 1.82) is 5.26 Å². The van der Waals surface area contributed by atoms with Crippen molar-refractivity contribution in [1.82, 2.24) is 19.9 Å². The standard InChI is InChI=1S/C23H21F3N6OS/c1-13-14(2-3-18-20(13)33-19(10-27)31-18)11-32-6-4-15(5-7-32)30-21-17-8-16(9-23(24,25)26)34-22(17)29-12-28-21/h2-3,8,12,15H,4-7,9,11H2,1H3,(H,28,29,30). The second-order valence-electron chi connectivity index (χ2n) is 8.47. The Morgan fingerprint density at radius 3 is 2.79 bits per heavy atom. The summed E-state index contributed by atoms with van der Waals surface area (Å²) in [6.07, 6.45) is -2.04. The predicted octanol–water partition coefficient (Wildman–Crippen LogP) is 5.19. The molecular weight excluding hydrogens is 465 g/mol. The topological polar surface area (TPSA) is 90.9 Å². The summed E-state index contributed by atoms with van der Waals surface area (Å²) in [6.45, 7) is 4.48. The number of nitrogens with one attached hydrogen (secondary N) is 1. The molecule has 5 rings (SSSR count). The number of piperidine rings is 1. The van der Waals surface area contributed by atoms with Gasteiger partial charge in [0.15, 0.2) is 11.7 Å². The van der Waals surface area contributed by atoms with Crippen LogP contribution in [-0.4, -0.2) is 45.2 Å². The van der Waals surface area contributed by atoms with Gasteiger partial charge in [0, 0.05) is 30.6 Å². The fourth-order valence-corrected chi connectivity index (χ4v) is 5.38. The van der Waals surface area contributed by atoms with Crippen molar-refractivity contribution in [2.24, 2.45) is 0 Å². The molecule has 1 aromatic carbocycles. The van der Waals surface area contributed by atoms with Gasteiger partial charge < -0.3 is 9.73 Å². The van der Waals surface area contributed by atoms with Gasteiger partial charge in [0.2, 0.25) is 0 Å². The number of aromatic nitrogens is 3. The molecule has 11 heteroatoms. The monoisotopic (exact) mass is 486 g/mol. The smallest absolute Gasteiger partial charge is 0.393 e. The number of hydrogen-bond donors (Lipinski definition) is 1. The molecule has 7 nitrogen and oxygen atoms in total. The first-order chi connectivity index (χ1) is 16.3. The van der Waals surface area contributed by atoms with Crippen LogP contribution < -0.4 is 5.32 Å². The van der Waals surface area contributed by atoms with E-state index in [1.165, 1.54) is 6.33 Å². The number of fused-ring (bicyclic) bond motifs is 2. The predicted molar refractivity (Wildman–Crippen MR) is 123 cm³/mol. The van der Waals surface area contributed by atoms with Crippen LogP contribution in [0.15, 0.2) is 28.9 Å². The van der Waals surface area contributed by atoms with Crippen LogP contribution in [0.2, 0.25) is 0 Å². The van der Waals surface area contributed by atoms with E-state index < -0.39 is 12.6 Å². The number of oxazole rings is 1. The molecule has 3 aromatic heterocycles. The maximum atomic E-state index is 12.8. The van der Waals surface area contributed by atoms with Gasteiger partial charge in [-0.3, -0.25) is 4.90 Å². The van der Waals surface area contributed by atoms with Crippen LogP contribution >= 0.6 is 11.3 Å². The van der Waals surface area contributed by atoms with Crippen molar-refractivity contribution in [2.45, 2.75) is 44.9 Å². The van der Waals surface area contributed by atoms with E-state index in [1.807, 2.05) is 25.1 Å². The highest BCUT2D eigenvalue weighted by Gasteiger charge is 2.29. The highest BCUT2D eigenvalue weighted by Crippen LogP contribution is 2.33. The van der Waals surface area contributed by atoms with Gasteiger partial charge in [-0.2, -0.15) is 23.4 Å². The summed E-state index contributed by atoms with van der Waals surface area (Å²) >= 11 is 1.06. The first-order valence-corrected chi connectivity index (χ1v) is 11.7. The highest BCUT2D eigenvalue weighted by molar-refractivity contribution is 7.18. The number of nitriles is 1. The fraction of sp³-hybridized carbons (Fsp3) is 0.391. The quantitative estimate of drug-likeness (QED) is 0.415. The molecule has 34 heavy (non-hydrogen) atoms. The number of hydrogen-bond acceptors (Lipinski definition) is 8. The Morgan fingerprint density at radius 1 is 1.26 bits per heavy atom. The summed E-state index contributed by atoms with van der Waals surface area (Å²) in [5, 5.41) is 13.1. The van der Waals surface area contributed by atoms with Crippen molar-refractivity contribution in [3.8, 4) is 6.07 Å². The van der Waals surface area contributed by atoms with Crippen LogP contribution in [-0.2, 0) is 13.0 Å². The summed E-state index contributed by atoms with van der Waals surface area (Å²) in [7, 11) is 0. The third kappa shape index (κ3) is 4.69. The summed E-state index contributed by atoms with van der Waals surface area (Å²) < 4.78 is 43.9. The molecule has 0 saturated carbocycles. The Labute approximate surface area is 197 Å². The first-order valence-electron chi connectivity index (χ1n) is 10.9. The molecule has 0 radical (unpaired) electrons. The molecule has 0 unspecified atom stereocenters. The minimum absolute atomic E-state index is 0.0668. The minimum Gasteiger partial charge on any atom is -0.428 e. The number of likely N-dealkylation sites (tertiary alicyclic amines) is 1. The van der Waals surface area contributed by atoms with Crippen molar-refractivity contribution in [3.63, 3.8) is 0 Å². The Balaban J connectivity index is 1.23. The number of aryl methyl sites for hydroxylation is 1. The van der Waals surface area contributed by atoms with E-state index in [9.17, 15) is 13.2 Å². The molecule has 4 heterocycles. The number of thiophene rings is 1. The molecule has 1 aliphatic rings. The summed E-state index contributed by atoms with van der Waals surface area (Å²) in [5.41, 5.74) is 3.46. The zero-order valence-electron chi connectivity index (χ0n) is 18.3. The van der Waals surface area contributed by atoms with Gasteiger partial charge in [0.05, 0.1) is 11.8 Å². The summed E-state index contributed by atoms with van der Waals surface area (Å²) in [6, 6.07) is 7.57. The van der Waals surface area contributed by atoms with E-state index >= 15 is 0 Å². The third-order valence-corrected chi connectivity index (χ3v) is 7.13. The van der Waals surface area contributed by atoms with E-state index in [1.54, 1.807) is 6.07 Å². The zero-order chi connectivity index (χ0) is 23.9. The molecule has 1 N–H and O–H groups in total. The molecule has 1 aliphatic heterocycles. The average Bonchev–Trinajstić information content (AvgIpc) is 3.40. The van der Waals surface area contributed by atoms with Gasteiger partial charge in [0.1, 0.15) is 22.5 Å². The lowest BCUT2D eigenvalue weighted by Gasteiger charge is -2.33. The van der Waals surface area contributed by atoms with Gasteiger partial charge in [-0.05, 0) is 43.0 Å². The number of anilines is 1. The normalized spacial score (nSPS) is 15.7. The van der Waals surface area contributed by atoms with E-state index in [-0.39, 0.29) is 16.8 Å². The van der Waals surface area contributed by atoms with E-state index in [2.05, 4.69) is 25.2 Å². The number of nitrogens with zero attached hydrogens (tertiary/aromatic N) is 5. The average molecular weight is 487 g/mol. The number of benzene rings is 1. The molecule has 176 valence electrons. The van der Waals surface area contributed by atoms with E-state index in [4.69, 9.17) is 9.68 Å². The van der Waals surface area contributed by atoms with Crippen LogP contribution in [0.5, 0.6) is 0 Å². The first kappa shape index (κ1) is 22.6. The Bertz CT molecular complexity index is 1380. The summed E-state index contributed by atoms with van der Waals surface area (Å²) in [4.78, 5) is 15.8. The molecular formula is C23H21F3N6OS. The molecule has 1 saturated heterocycles. The van der Waals surface area contributed by atoms with Crippen LogP contribution in [0.25, 0.3) is 21.3 Å². The second kappa shape index (κ2) is 8.85.